The van der Waals surface area contributed by atoms with Crippen molar-refractivity contribution in [3.8, 4) is 0 Å². The number of aromatic nitrogens is 1. The molecule has 0 saturated carbocycles. The number of allylic oxidation sites excluding steroid dienone is 1. The molecule has 2 rings (SSSR count). The number of H-pyrrole nitrogens is 1. The second-order valence-electron chi connectivity index (χ2n) is 3.96. The molecule has 1 aromatic heterocycles. The highest BCUT2D eigenvalue weighted by atomic mass is 14.7. The maximum absolute atomic E-state index is 3.86. The van der Waals surface area contributed by atoms with E-state index in [1.54, 1.807) is 0 Å². The first-order valence-corrected chi connectivity index (χ1v) is 5.49. The highest BCUT2D eigenvalue weighted by molar-refractivity contribution is 5.86. The summed E-state index contributed by atoms with van der Waals surface area (Å²) in [5.41, 5.74) is 4.01. The number of hydrogen-bond donors (Lipinski definition) is 1. The second-order valence-corrected chi connectivity index (χ2v) is 3.96. The van der Waals surface area contributed by atoms with Crippen LogP contribution in [0.25, 0.3) is 10.9 Å². The topological polar surface area (TPSA) is 15.8 Å². The van der Waals surface area contributed by atoms with Crippen LogP contribution in [-0.4, -0.2) is 4.98 Å². The zero-order valence-electron chi connectivity index (χ0n) is 9.38. The fourth-order valence-electron chi connectivity index (χ4n) is 2.05. The number of fused-ring (bicyclic) bond motifs is 1. The third-order valence-corrected chi connectivity index (χ3v) is 3.07. The average Bonchev–Trinajstić information content (AvgIpc) is 2.75. The Morgan fingerprint density at radius 1 is 1.40 bits per heavy atom. The van der Waals surface area contributed by atoms with Crippen molar-refractivity contribution in [1.29, 1.82) is 0 Å². The van der Waals surface area contributed by atoms with Gasteiger partial charge >= 0.3 is 0 Å². The fourth-order valence-corrected chi connectivity index (χ4v) is 2.05. The Hall–Kier alpha value is -1.50. The molecule has 0 fully saturated rings. The van der Waals surface area contributed by atoms with Gasteiger partial charge in [0.2, 0.25) is 0 Å². The Morgan fingerprint density at radius 2 is 2.20 bits per heavy atom. The summed E-state index contributed by atoms with van der Waals surface area (Å²) in [5, 5.41) is 1.35. The first-order valence-electron chi connectivity index (χ1n) is 5.49. The second kappa shape index (κ2) is 3.93. The van der Waals surface area contributed by atoms with Crippen LogP contribution in [0.5, 0.6) is 0 Å². The molecular weight excluding hydrogens is 182 g/mol. The van der Waals surface area contributed by atoms with Crippen molar-refractivity contribution in [3.63, 3.8) is 0 Å². The minimum Gasteiger partial charge on any atom is -0.361 e. The molecule has 0 spiro atoms. The summed E-state index contributed by atoms with van der Waals surface area (Å²) in [7, 11) is 0. The van der Waals surface area contributed by atoms with Crippen molar-refractivity contribution >= 4 is 10.9 Å². The maximum atomic E-state index is 3.86. The van der Waals surface area contributed by atoms with Gasteiger partial charge < -0.3 is 4.98 Å². The normalized spacial score (nSPS) is 12.9. The minimum absolute atomic E-state index is 0.400. The number of rotatable bonds is 3. The number of benzene rings is 1. The van der Waals surface area contributed by atoms with Crippen LogP contribution in [0.3, 0.4) is 0 Å². The van der Waals surface area contributed by atoms with E-state index in [4.69, 9.17) is 0 Å². The third kappa shape index (κ3) is 1.58. The van der Waals surface area contributed by atoms with Crippen molar-refractivity contribution < 1.29 is 0 Å². The first-order chi connectivity index (χ1) is 7.27. The molecule has 1 heterocycles. The van der Waals surface area contributed by atoms with Gasteiger partial charge in [-0.05, 0) is 23.6 Å². The lowest BCUT2D eigenvalue weighted by Gasteiger charge is -2.10. The molecule has 0 aliphatic carbocycles. The van der Waals surface area contributed by atoms with E-state index in [9.17, 15) is 0 Å². The quantitative estimate of drug-likeness (QED) is 0.719. The van der Waals surface area contributed by atoms with Gasteiger partial charge in [-0.25, -0.2) is 0 Å². The minimum atomic E-state index is 0.400. The van der Waals surface area contributed by atoms with E-state index < -0.39 is 0 Å². The molecule has 0 amide bonds. The van der Waals surface area contributed by atoms with Crippen molar-refractivity contribution in [1.82, 2.24) is 4.98 Å². The molecule has 0 bridgehead atoms. The lowest BCUT2D eigenvalue weighted by Crippen LogP contribution is -1.92. The van der Waals surface area contributed by atoms with Crippen LogP contribution in [0.1, 0.15) is 30.9 Å². The molecule has 0 aliphatic heterocycles. The molecule has 0 radical (unpaired) electrons. The lowest BCUT2D eigenvalue weighted by atomic mass is 9.96. The number of aromatic amines is 1. The Bertz CT molecular complexity index is 479. The molecule has 1 aromatic carbocycles. The van der Waals surface area contributed by atoms with Gasteiger partial charge in [0, 0.05) is 23.0 Å². The Balaban J connectivity index is 2.68. The van der Waals surface area contributed by atoms with Gasteiger partial charge in [-0.2, -0.15) is 0 Å². The predicted molar refractivity (Wildman–Crippen MR) is 66.3 cm³/mol. The summed E-state index contributed by atoms with van der Waals surface area (Å²) >= 11 is 0. The van der Waals surface area contributed by atoms with Crippen LogP contribution < -0.4 is 0 Å². The summed E-state index contributed by atoms with van der Waals surface area (Å²) < 4.78 is 0. The van der Waals surface area contributed by atoms with Gasteiger partial charge in [0.05, 0.1) is 0 Å². The van der Waals surface area contributed by atoms with Crippen LogP contribution in [0.15, 0.2) is 37.1 Å². The van der Waals surface area contributed by atoms with Crippen molar-refractivity contribution in [2.75, 3.05) is 0 Å². The highest BCUT2D eigenvalue weighted by Crippen LogP contribution is 2.27. The lowest BCUT2D eigenvalue weighted by molar-refractivity contribution is 0.977. The molecular formula is C14H17N. The summed E-state index contributed by atoms with van der Waals surface area (Å²) in [4.78, 5) is 3.33. The number of aryl methyl sites for hydroxylation is 1. The molecule has 15 heavy (non-hydrogen) atoms. The van der Waals surface area contributed by atoms with Crippen molar-refractivity contribution in [2.45, 2.75) is 26.2 Å². The van der Waals surface area contributed by atoms with E-state index in [-0.39, 0.29) is 0 Å². The predicted octanol–water partition coefficient (Wildman–Crippen LogP) is 4.02. The maximum Gasteiger partial charge on any atom is 0.0495 e. The molecule has 1 heteroatoms. The summed E-state index contributed by atoms with van der Waals surface area (Å²) in [6.07, 6.45) is 5.08. The molecule has 0 aliphatic rings. The van der Waals surface area contributed by atoms with Crippen LogP contribution in [0.4, 0.5) is 0 Å². The molecule has 1 nitrogen and oxygen atoms in total. The van der Waals surface area contributed by atoms with E-state index in [2.05, 4.69) is 43.6 Å². The van der Waals surface area contributed by atoms with Gasteiger partial charge in [0.1, 0.15) is 0 Å². The van der Waals surface area contributed by atoms with Gasteiger partial charge in [-0.15, -0.1) is 6.58 Å². The summed E-state index contributed by atoms with van der Waals surface area (Å²) in [6.45, 7) is 8.22. The standard InChI is InChI=1S/C14H17N/c1-4-10(3)12-7-6-11(5-2)13-8-9-15-14(12)13/h4,6-10,15H,1,5H2,2-3H3/t10-/m1/s1. The molecule has 0 unspecified atom stereocenters. The SMILES string of the molecule is C=C[C@@H](C)c1ccc(CC)c2cc[nH]c12. The Kier molecular flexibility index (Phi) is 2.63. The van der Waals surface area contributed by atoms with Gasteiger partial charge in [0.15, 0.2) is 0 Å². The number of hydrogen-bond acceptors (Lipinski definition) is 0. The van der Waals surface area contributed by atoms with E-state index in [0.717, 1.165) is 6.42 Å². The van der Waals surface area contributed by atoms with Gasteiger partial charge in [-0.1, -0.05) is 32.1 Å². The molecule has 0 saturated heterocycles. The monoisotopic (exact) mass is 199 g/mol. The Morgan fingerprint density at radius 3 is 2.87 bits per heavy atom. The largest absolute Gasteiger partial charge is 0.361 e. The van der Waals surface area contributed by atoms with Crippen LogP contribution in [0.2, 0.25) is 0 Å². The third-order valence-electron chi connectivity index (χ3n) is 3.07. The van der Waals surface area contributed by atoms with E-state index in [1.165, 1.54) is 22.0 Å². The van der Waals surface area contributed by atoms with Gasteiger partial charge in [0.25, 0.3) is 0 Å². The molecule has 1 atom stereocenters. The van der Waals surface area contributed by atoms with E-state index in [0.29, 0.717) is 5.92 Å². The molecule has 1 N–H and O–H groups in total. The van der Waals surface area contributed by atoms with Gasteiger partial charge in [-0.3, -0.25) is 0 Å². The smallest absolute Gasteiger partial charge is 0.0495 e. The summed E-state index contributed by atoms with van der Waals surface area (Å²) in [6, 6.07) is 6.60. The molecule has 2 aromatic rings. The zero-order chi connectivity index (χ0) is 10.8. The molecule has 78 valence electrons. The highest BCUT2D eigenvalue weighted by Gasteiger charge is 2.09. The number of nitrogens with one attached hydrogen (secondary N) is 1. The van der Waals surface area contributed by atoms with E-state index >= 15 is 0 Å². The first kappa shape index (κ1) is 10.0. The van der Waals surface area contributed by atoms with Crippen molar-refractivity contribution in [3.05, 3.63) is 48.2 Å². The van der Waals surface area contributed by atoms with Crippen molar-refractivity contribution in [2.24, 2.45) is 0 Å². The van der Waals surface area contributed by atoms with Crippen LogP contribution >= 0.6 is 0 Å². The van der Waals surface area contributed by atoms with E-state index in [1.807, 2.05) is 12.3 Å². The average molecular weight is 199 g/mol. The fraction of sp³-hybridized carbons (Fsp3) is 0.286. The van der Waals surface area contributed by atoms with Crippen LogP contribution in [0, 0.1) is 0 Å². The van der Waals surface area contributed by atoms with Crippen LogP contribution in [-0.2, 0) is 6.42 Å². The Labute approximate surface area is 90.8 Å². The zero-order valence-corrected chi connectivity index (χ0v) is 9.38. The summed E-state index contributed by atoms with van der Waals surface area (Å²) in [5.74, 6) is 0.400.